The monoisotopic (exact) mass is 391 g/mol. The Kier molecular flexibility index (Phi) is 4.72. The summed E-state index contributed by atoms with van der Waals surface area (Å²) in [6.07, 6.45) is 1.76. The van der Waals surface area contributed by atoms with E-state index in [2.05, 4.69) is 6.07 Å². The summed E-state index contributed by atoms with van der Waals surface area (Å²) in [6, 6.07) is 19.6. The summed E-state index contributed by atoms with van der Waals surface area (Å²) < 4.78 is 6.43. The number of hydrogen-bond acceptors (Lipinski definition) is 4. The van der Waals surface area contributed by atoms with Crippen molar-refractivity contribution in [3.8, 4) is 11.3 Å². The predicted molar refractivity (Wildman–Crippen MR) is 116 cm³/mol. The fourth-order valence-electron chi connectivity index (χ4n) is 3.05. The number of carbonyl (C=O) groups is 1. The molecular formula is C22H17NO2S2. The number of anilines is 1. The van der Waals surface area contributed by atoms with Crippen LogP contribution in [0.5, 0.6) is 0 Å². The first kappa shape index (κ1) is 17.8. The Bertz CT molecular complexity index is 1070. The van der Waals surface area contributed by atoms with Crippen molar-refractivity contribution in [3.05, 3.63) is 82.5 Å². The number of carbonyl (C=O) groups excluding carboxylic acids is 1. The lowest BCUT2D eigenvalue weighted by molar-refractivity contribution is -0.113. The SMILES string of the molecule is Cc1ccc(N2C(=O)/C(=C\c3ccc(-c4ccccc4)o3)SC2=S)c(C)c1. The van der Waals surface area contributed by atoms with Crippen LogP contribution in [0.4, 0.5) is 5.69 Å². The van der Waals surface area contributed by atoms with Crippen LogP contribution in [-0.4, -0.2) is 10.2 Å². The largest absolute Gasteiger partial charge is 0.457 e. The Labute approximate surface area is 167 Å². The van der Waals surface area contributed by atoms with Gasteiger partial charge in [-0.15, -0.1) is 0 Å². The first-order chi connectivity index (χ1) is 13.0. The van der Waals surface area contributed by atoms with Gasteiger partial charge in [0.25, 0.3) is 5.91 Å². The minimum Gasteiger partial charge on any atom is -0.457 e. The lowest BCUT2D eigenvalue weighted by Crippen LogP contribution is -2.28. The van der Waals surface area contributed by atoms with Gasteiger partial charge in [-0.2, -0.15) is 0 Å². The number of benzene rings is 2. The summed E-state index contributed by atoms with van der Waals surface area (Å²) in [5.74, 6) is 1.29. The number of furan rings is 1. The second-order valence-electron chi connectivity index (χ2n) is 6.38. The molecule has 2 aromatic carbocycles. The van der Waals surface area contributed by atoms with Crippen LogP contribution >= 0.6 is 24.0 Å². The number of thioether (sulfide) groups is 1. The van der Waals surface area contributed by atoms with Crippen LogP contribution in [0, 0.1) is 13.8 Å². The van der Waals surface area contributed by atoms with E-state index in [0.717, 1.165) is 28.1 Å². The highest BCUT2D eigenvalue weighted by Crippen LogP contribution is 2.38. The molecule has 0 unspecified atom stereocenters. The number of amides is 1. The van der Waals surface area contributed by atoms with Crippen molar-refractivity contribution >= 4 is 46.0 Å². The van der Waals surface area contributed by atoms with E-state index in [1.54, 1.807) is 11.0 Å². The minimum atomic E-state index is -0.116. The molecule has 27 heavy (non-hydrogen) atoms. The van der Waals surface area contributed by atoms with Gasteiger partial charge >= 0.3 is 0 Å². The lowest BCUT2D eigenvalue weighted by atomic mass is 10.1. The van der Waals surface area contributed by atoms with E-state index in [1.165, 1.54) is 11.8 Å². The van der Waals surface area contributed by atoms with Gasteiger partial charge in [-0.1, -0.05) is 72.0 Å². The van der Waals surface area contributed by atoms with E-state index in [1.807, 2.05) is 68.4 Å². The lowest BCUT2D eigenvalue weighted by Gasteiger charge is -2.17. The average Bonchev–Trinajstić information content (AvgIpc) is 3.22. The molecule has 1 aromatic heterocycles. The third kappa shape index (κ3) is 3.48. The summed E-state index contributed by atoms with van der Waals surface area (Å²) in [5, 5.41) is 0. The molecular weight excluding hydrogens is 374 g/mol. The maximum absolute atomic E-state index is 12.9. The van der Waals surface area contributed by atoms with Crippen LogP contribution in [0.15, 0.2) is 70.0 Å². The van der Waals surface area contributed by atoms with Gasteiger partial charge in [0, 0.05) is 11.6 Å². The molecule has 0 bridgehead atoms. The van der Waals surface area contributed by atoms with E-state index in [4.69, 9.17) is 16.6 Å². The van der Waals surface area contributed by atoms with Gasteiger partial charge in [0.2, 0.25) is 0 Å². The first-order valence-corrected chi connectivity index (χ1v) is 9.76. The molecule has 0 atom stereocenters. The van der Waals surface area contributed by atoms with Gasteiger partial charge < -0.3 is 4.42 Å². The molecule has 1 saturated heterocycles. The molecule has 1 amide bonds. The second kappa shape index (κ2) is 7.18. The summed E-state index contributed by atoms with van der Waals surface area (Å²) in [6.45, 7) is 4.02. The van der Waals surface area contributed by atoms with Gasteiger partial charge in [0.1, 0.15) is 11.5 Å². The number of thiocarbonyl (C=S) groups is 1. The Morgan fingerprint density at radius 2 is 1.81 bits per heavy atom. The highest BCUT2D eigenvalue weighted by molar-refractivity contribution is 8.27. The highest BCUT2D eigenvalue weighted by atomic mass is 32.2. The second-order valence-corrected chi connectivity index (χ2v) is 8.05. The standard InChI is InChI=1S/C22H17NO2S2/c1-14-8-10-18(15(2)12-14)23-21(24)20(27-22(23)26)13-17-9-11-19(25-17)16-6-4-3-5-7-16/h3-13H,1-2H3/b20-13+. The van der Waals surface area contributed by atoms with Crippen LogP contribution < -0.4 is 4.90 Å². The summed E-state index contributed by atoms with van der Waals surface area (Å²) in [4.78, 5) is 15.1. The van der Waals surface area contributed by atoms with Crippen LogP contribution in [0.2, 0.25) is 0 Å². The van der Waals surface area contributed by atoms with Gasteiger partial charge in [0.05, 0.1) is 10.6 Å². The molecule has 0 N–H and O–H groups in total. The van der Waals surface area contributed by atoms with E-state index >= 15 is 0 Å². The summed E-state index contributed by atoms with van der Waals surface area (Å²) >= 11 is 6.76. The van der Waals surface area contributed by atoms with Crippen molar-refractivity contribution < 1.29 is 9.21 Å². The summed E-state index contributed by atoms with van der Waals surface area (Å²) in [7, 11) is 0. The van der Waals surface area contributed by atoms with Crippen LogP contribution in [-0.2, 0) is 4.79 Å². The van der Waals surface area contributed by atoms with Gasteiger partial charge in [-0.25, -0.2) is 0 Å². The molecule has 0 spiro atoms. The number of nitrogens with zero attached hydrogens (tertiary/aromatic N) is 1. The Morgan fingerprint density at radius 1 is 1.04 bits per heavy atom. The zero-order chi connectivity index (χ0) is 19.0. The maximum atomic E-state index is 12.9. The highest BCUT2D eigenvalue weighted by Gasteiger charge is 2.34. The van der Waals surface area contributed by atoms with Crippen molar-refractivity contribution in [2.45, 2.75) is 13.8 Å². The van der Waals surface area contributed by atoms with Gasteiger partial charge in [0.15, 0.2) is 4.32 Å². The molecule has 3 nitrogen and oxygen atoms in total. The first-order valence-electron chi connectivity index (χ1n) is 8.53. The Hall–Kier alpha value is -2.63. The normalized spacial score (nSPS) is 15.8. The molecule has 0 saturated carbocycles. The zero-order valence-corrected chi connectivity index (χ0v) is 16.6. The molecule has 3 aromatic rings. The molecule has 1 fully saturated rings. The van der Waals surface area contributed by atoms with E-state index in [-0.39, 0.29) is 5.91 Å². The van der Waals surface area contributed by atoms with Crippen molar-refractivity contribution in [2.75, 3.05) is 4.90 Å². The van der Waals surface area contributed by atoms with Crippen molar-refractivity contribution in [1.29, 1.82) is 0 Å². The molecule has 2 heterocycles. The average molecular weight is 392 g/mol. The van der Waals surface area contributed by atoms with Crippen molar-refractivity contribution in [2.24, 2.45) is 0 Å². The molecule has 0 radical (unpaired) electrons. The third-order valence-corrected chi connectivity index (χ3v) is 5.65. The Balaban J connectivity index is 1.63. The van der Waals surface area contributed by atoms with Crippen molar-refractivity contribution in [3.63, 3.8) is 0 Å². The number of hydrogen-bond donors (Lipinski definition) is 0. The van der Waals surface area contributed by atoms with Crippen molar-refractivity contribution in [1.82, 2.24) is 0 Å². The molecule has 5 heteroatoms. The number of aryl methyl sites for hydroxylation is 2. The summed E-state index contributed by atoms with van der Waals surface area (Å²) in [5.41, 5.74) is 4.01. The third-order valence-electron chi connectivity index (χ3n) is 4.35. The molecule has 0 aliphatic carbocycles. The van der Waals surface area contributed by atoms with Crippen LogP contribution in [0.1, 0.15) is 16.9 Å². The molecule has 1 aliphatic rings. The fraction of sp³-hybridized carbons (Fsp3) is 0.0909. The molecule has 4 rings (SSSR count). The van der Waals surface area contributed by atoms with Crippen LogP contribution in [0.25, 0.3) is 17.4 Å². The quantitative estimate of drug-likeness (QED) is 0.407. The topological polar surface area (TPSA) is 33.5 Å². The van der Waals surface area contributed by atoms with Gasteiger partial charge in [-0.3, -0.25) is 9.69 Å². The van der Waals surface area contributed by atoms with E-state index < -0.39 is 0 Å². The number of rotatable bonds is 3. The Morgan fingerprint density at radius 3 is 2.56 bits per heavy atom. The zero-order valence-electron chi connectivity index (χ0n) is 14.9. The van der Waals surface area contributed by atoms with Gasteiger partial charge in [-0.05, 0) is 37.6 Å². The maximum Gasteiger partial charge on any atom is 0.270 e. The minimum absolute atomic E-state index is 0.116. The fourth-order valence-corrected chi connectivity index (χ4v) is 4.31. The molecule has 1 aliphatic heterocycles. The van der Waals surface area contributed by atoms with E-state index in [0.29, 0.717) is 15.0 Å². The smallest absolute Gasteiger partial charge is 0.270 e. The molecule has 134 valence electrons. The van der Waals surface area contributed by atoms with E-state index in [9.17, 15) is 4.79 Å². The predicted octanol–water partition coefficient (Wildman–Crippen LogP) is 5.97. The van der Waals surface area contributed by atoms with Crippen LogP contribution in [0.3, 0.4) is 0 Å².